The van der Waals surface area contributed by atoms with Gasteiger partial charge in [-0.05, 0) is 6.42 Å². The molecule has 2 rings (SSSR count). The van der Waals surface area contributed by atoms with E-state index in [1.165, 1.54) is 10.9 Å². The van der Waals surface area contributed by atoms with Crippen LogP contribution in [0.25, 0.3) is 0 Å². The van der Waals surface area contributed by atoms with Gasteiger partial charge in [0.15, 0.2) is 5.69 Å². The standard InChI is InChI=1S/C12H16ClN3O5/c1-16-4-7(13)11(15-16)12(19)14-8-5-20-3-2-9(8)21-6-10(17)18/h4,8-9H,2-3,5-6H2,1H3,(H,14,19)(H,17,18)/t8-,9+/m1/s1. The number of aliphatic carboxylic acids is 1. The third kappa shape index (κ3) is 4.16. The summed E-state index contributed by atoms with van der Waals surface area (Å²) in [6.45, 7) is 0.295. The summed E-state index contributed by atoms with van der Waals surface area (Å²) >= 11 is 5.91. The molecular weight excluding hydrogens is 302 g/mol. The molecule has 9 heteroatoms. The number of hydrogen-bond acceptors (Lipinski definition) is 5. The quantitative estimate of drug-likeness (QED) is 0.796. The number of aromatic nitrogens is 2. The van der Waals surface area contributed by atoms with Gasteiger partial charge in [-0.2, -0.15) is 5.10 Å². The fraction of sp³-hybridized carbons (Fsp3) is 0.583. The Bertz CT molecular complexity index is 533. The van der Waals surface area contributed by atoms with E-state index in [4.69, 9.17) is 26.2 Å². The Hall–Kier alpha value is -1.64. The predicted octanol–water partition coefficient (Wildman–Crippen LogP) is 0.0620. The molecule has 0 aromatic carbocycles. The molecule has 1 aromatic rings. The molecule has 1 saturated heterocycles. The van der Waals surface area contributed by atoms with Gasteiger partial charge in [-0.25, -0.2) is 4.79 Å². The van der Waals surface area contributed by atoms with Crippen molar-refractivity contribution < 1.29 is 24.2 Å². The Labute approximate surface area is 126 Å². The molecule has 1 amide bonds. The molecule has 1 fully saturated rings. The van der Waals surface area contributed by atoms with Gasteiger partial charge in [-0.15, -0.1) is 0 Å². The summed E-state index contributed by atoms with van der Waals surface area (Å²) in [6, 6.07) is -0.441. The Balaban J connectivity index is 1.99. The summed E-state index contributed by atoms with van der Waals surface area (Å²) < 4.78 is 12.0. The number of carbonyl (C=O) groups is 2. The van der Waals surface area contributed by atoms with Crippen LogP contribution < -0.4 is 5.32 Å². The molecule has 1 aliphatic rings. The number of nitrogens with one attached hydrogen (secondary N) is 1. The third-order valence-electron chi connectivity index (χ3n) is 3.03. The van der Waals surface area contributed by atoms with Crippen LogP contribution in [0.3, 0.4) is 0 Å². The van der Waals surface area contributed by atoms with Crippen molar-refractivity contribution in [1.29, 1.82) is 0 Å². The zero-order valence-corrected chi connectivity index (χ0v) is 12.2. The van der Waals surface area contributed by atoms with Crippen LogP contribution in [0.5, 0.6) is 0 Å². The lowest BCUT2D eigenvalue weighted by molar-refractivity contribution is -0.147. The van der Waals surface area contributed by atoms with Gasteiger partial charge in [0.1, 0.15) is 6.61 Å². The van der Waals surface area contributed by atoms with E-state index in [2.05, 4.69) is 10.4 Å². The number of hydrogen-bond donors (Lipinski definition) is 2. The van der Waals surface area contributed by atoms with E-state index in [1.54, 1.807) is 7.05 Å². The summed E-state index contributed by atoms with van der Waals surface area (Å²) in [5.41, 5.74) is 0.113. The molecule has 8 nitrogen and oxygen atoms in total. The van der Waals surface area contributed by atoms with Crippen LogP contribution in [0, 0.1) is 0 Å². The molecule has 0 spiro atoms. The fourth-order valence-corrected chi connectivity index (χ4v) is 2.35. The molecule has 1 aliphatic heterocycles. The van der Waals surface area contributed by atoms with Gasteiger partial charge in [-0.1, -0.05) is 11.6 Å². The molecule has 0 radical (unpaired) electrons. The smallest absolute Gasteiger partial charge is 0.329 e. The van der Waals surface area contributed by atoms with Crippen LogP contribution in [0.4, 0.5) is 0 Å². The SMILES string of the molecule is Cn1cc(Cl)c(C(=O)N[C@@H]2COCC[C@@H]2OCC(=O)O)n1. The van der Waals surface area contributed by atoms with Gasteiger partial charge in [0.25, 0.3) is 5.91 Å². The first-order valence-corrected chi connectivity index (χ1v) is 6.76. The maximum absolute atomic E-state index is 12.1. The second-order valence-corrected chi connectivity index (χ2v) is 5.09. The summed E-state index contributed by atoms with van der Waals surface area (Å²) in [7, 11) is 1.66. The van der Waals surface area contributed by atoms with Crippen molar-refractivity contribution in [3.8, 4) is 0 Å². The molecule has 2 heterocycles. The molecule has 2 atom stereocenters. The lowest BCUT2D eigenvalue weighted by Gasteiger charge is -2.31. The van der Waals surface area contributed by atoms with Crippen LogP contribution >= 0.6 is 11.6 Å². The van der Waals surface area contributed by atoms with Gasteiger partial charge in [0.05, 0.1) is 23.8 Å². The Morgan fingerprint density at radius 1 is 1.67 bits per heavy atom. The molecule has 1 aromatic heterocycles. The van der Waals surface area contributed by atoms with Gasteiger partial charge in [0, 0.05) is 19.9 Å². The number of rotatable bonds is 5. The van der Waals surface area contributed by atoms with Gasteiger partial charge < -0.3 is 19.9 Å². The van der Waals surface area contributed by atoms with E-state index in [-0.39, 0.29) is 17.3 Å². The molecule has 116 valence electrons. The highest BCUT2D eigenvalue weighted by molar-refractivity contribution is 6.33. The summed E-state index contributed by atoms with van der Waals surface area (Å²) in [5, 5.41) is 15.6. The minimum atomic E-state index is -1.06. The minimum Gasteiger partial charge on any atom is -0.480 e. The lowest BCUT2D eigenvalue weighted by Crippen LogP contribution is -2.51. The zero-order chi connectivity index (χ0) is 15.4. The number of halogens is 1. The van der Waals surface area contributed by atoms with Crippen molar-refractivity contribution in [2.24, 2.45) is 7.05 Å². The van der Waals surface area contributed by atoms with Crippen molar-refractivity contribution in [2.75, 3.05) is 19.8 Å². The number of carboxylic acids is 1. The summed E-state index contributed by atoms with van der Waals surface area (Å²) in [4.78, 5) is 22.7. The molecule has 21 heavy (non-hydrogen) atoms. The Morgan fingerprint density at radius 3 is 3.05 bits per heavy atom. The fourth-order valence-electron chi connectivity index (χ4n) is 2.08. The largest absolute Gasteiger partial charge is 0.480 e. The van der Waals surface area contributed by atoms with Crippen molar-refractivity contribution in [1.82, 2.24) is 15.1 Å². The first-order chi connectivity index (χ1) is 9.97. The summed E-state index contributed by atoms with van der Waals surface area (Å²) in [5.74, 6) is -1.50. The number of aryl methyl sites for hydroxylation is 1. The van der Waals surface area contributed by atoms with E-state index in [0.29, 0.717) is 13.0 Å². The average molecular weight is 318 g/mol. The van der Waals surface area contributed by atoms with Crippen molar-refractivity contribution >= 4 is 23.5 Å². The summed E-state index contributed by atoms with van der Waals surface area (Å²) in [6.07, 6.45) is 1.61. The molecule has 2 N–H and O–H groups in total. The highest BCUT2D eigenvalue weighted by Crippen LogP contribution is 2.16. The van der Waals surface area contributed by atoms with Gasteiger partial charge in [-0.3, -0.25) is 9.48 Å². The maximum atomic E-state index is 12.1. The van der Waals surface area contributed by atoms with Crippen LogP contribution in [0.15, 0.2) is 6.20 Å². The molecule has 0 saturated carbocycles. The highest BCUT2D eigenvalue weighted by atomic mass is 35.5. The minimum absolute atomic E-state index is 0.113. The second kappa shape index (κ2) is 6.88. The van der Waals surface area contributed by atoms with Crippen LogP contribution in [-0.2, 0) is 21.3 Å². The van der Waals surface area contributed by atoms with Crippen molar-refractivity contribution in [2.45, 2.75) is 18.6 Å². The molecular formula is C12H16ClN3O5. The first-order valence-electron chi connectivity index (χ1n) is 6.38. The third-order valence-corrected chi connectivity index (χ3v) is 3.31. The van der Waals surface area contributed by atoms with Crippen molar-refractivity contribution in [3.05, 3.63) is 16.9 Å². The number of carbonyl (C=O) groups excluding carboxylic acids is 1. The normalized spacial score (nSPS) is 22.0. The number of amides is 1. The van der Waals surface area contributed by atoms with E-state index in [9.17, 15) is 9.59 Å². The number of nitrogens with zero attached hydrogens (tertiary/aromatic N) is 2. The molecule has 0 aliphatic carbocycles. The van der Waals surface area contributed by atoms with Crippen molar-refractivity contribution in [3.63, 3.8) is 0 Å². The number of carboxylic acid groups (broad SMARTS) is 1. The Kier molecular flexibility index (Phi) is 5.16. The molecule has 0 bridgehead atoms. The average Bonchev–Trinajstić information content (AvgIpc) is 2.76. The maximum Gasteiger partial charge on any atom is 0.329 e. The second-order valence-electron chi connectivity index (χ2n) is 4.69. The topological polar surface area (TPSA) is 103 Å². The zero-order valence-electron chi connectivity index (χ0n) is 11.4. The van der Waals surface area contributed by atoms with E-state index < -0.39 is 30.6 Å². The molecule has 0 unspecified atom stereocenters. The van der Waals surface area contributed by atoms with E-state index in [0.717, 1.165) is 0 Å². The Morgan fingerprint density at radius 2 is 2.43 bits per heavy atom. The lowest BCUT2D eigenvalue weighted by atomic mass is 10.1. The van der Waals surface area contributed by atoms with E-state index in [1.807, 2.05) is 0 Å². The first kappa shape index (κ1) is 15.7. The number of ether oxygens (including phenoxy) is 2. The van der Waals surface area contributed by atoms with Crippen LogP contribution in [0.2, 0.25) is 5.02 Å². The van der Waals surface area contributed by atoms with Gasteiger partial charge >= 0.3 is 5.97 Å². The monoisotopic (exact) mass is 317 g/mol. The van der Waals surface area contributed by atoms with Crippen LogP contribution in [-0.4, -0.2) is 58.7 Å². The predicted molar refractivity (Wildman–Crippen MR) is 72.3 cm³/mol. The van der Waals surface area contributed by atoms with E-state index >= 15 is 0 Å². The highest BCUT2D eigenvalue weighted by Gasteiger charge is 2.30. The van der Waals surface area contributed by atoms with Crippen LogP contribution in [0.1, 0.15) is 16.9 Å². The van der Waals surface area contributed by atoms with Gasteiger partial charge in [0.2, 0.25) is 0 Å².